The number of hydrogen-bond acceptors (Lipinski definition) is 8. The molecule has 0 unspecified atom stereocenters. The summed E-state index contributed by atoms with van der Waals surface area (Å²) >= 11 is 0. The Labute approximate surface area is 131 Å². The molecule has 124 valence electrons. The van der Waals surface area contributed by atoms with E-state index in [1.165, 1.54) is 18.3 Å². The summed E-state index contributed by atoms with van der Waals surface area (Å²) in [5.74, 6) is 0. The molecule has 2 aromatic heterocycles. The first-order valence-electron chi connectivity index (χ1n) is 6.72. The van der Waals surface area contributed by atoms with E-state index in [0.717, 1.165) is 0 Å². The van der Waals surface area contributed by atoms with Crippen molar-refractivity contribution in [2.45, 2.75) is 32.8 Å². The van der Waals surface area contributed by atoms with E-state index >= 15 is 0 Å². The summed E-state index contributed by atoms with van der Waals surface area (Å²) in [6.45, 7) is 4.95. The number of rotatable bonds is 3. The third-order valence-corrected chi connectivity index (χ3v) is 2.57. The lowest BCUT2D eigenvalue weighted by atomic mass is 10.2. The zero-order valence-corrected chi connectivity index (χ0v) is 12.8. The molecule has 0 aliphatic rings. The maximum Gasteiger partial charge on any atom is 0.534 e. The second-order valence-electron chi connectivity index (χ2n) is 5.64. The van der Waals surface area contributed by atoms with Gasteiger partial charge in [-0.2, -0.15) is 0 Å². The van der Waals surface area contributed by atoms with Gasteiger partial charge >= 0.3 is 11.7 Å². The van der Waals surface area contributed by atoms with Gasteiger partial charge in [0, 0.05) is 6.20 Å². The van der Waals surface area contributed by atoms with Crippen molar-refractivity contribution in [2.75, 3.05) is 5.32 Å². The topological polar surface area (TPSA) is 123 Å². The van der Waals surface area contributed by atoms with Crippen LogP contribution in [0.1, 0.15) is 20.8 Å². The van der Waals surface area contributed by atoms with Crippen LogP contribution in [0.15, 0.2) is 29.2 Å². The molecule has 3 N–H and O–H groups in total. The maximum atomic E-state index is 12.3. The number of aliphatic hydroxyl groups excluding tert-OH is 1. The standard InChI is InChI=1S/C14H17N3O6/c1-14(2,3)22-13(21)23-17-10-5-4-6-15-8(10)7-9(11(17)18)16-12(19)20/h4-7,12,16,19-20H,1-3H3. The van der Waals surface area contributed by atoms with Gasteiger partial charge in [0.2, 0.25) is 6.41 Å². The van der Waals surface area contributed by atoms with Gasteiger partial charge < -0.3 is 20.3 Å². The minimum Gasteiger partial charge on any atom is -0.427 e. The van der Waals surface area contributed by atoms with E-state index in [1.54, 1.807) is 26.8 Å². The van der Waals surface area contributed by atoms with E-state index in [-0.39, 0.29) is 11.2 Å². The number of aromatic nitrogens is 2. The predicted octanol–water partition coefficient (Wildman–Crippen LogP) is 0.440. The van der Waals surface area contributed by atoms with Crippen molar-refractivity contribution in [2.24, 2.45) is 0 Å². The average Bonchev–Trinajstić information content (AvgIpc) is 2.41. The molecule has 0 atom stereocenters. The lowest BCUT2D eigenvalue weighted by molar-refractivity contribution is -0.0153. The Kier molecular flexibility index (Phi) is 4.52. The second kappa shape index (κ2) is 6.23. The molecule has 23 heavy (non-hydrogen) atoms. The minimum absolute atomic E-state index is 0.199. The van der Waals surface area contributed by atoms with Crippen LogP contribution < -0.4 is 15.7 Å². The van der Waals surface area contributed by atoms with E-state index in [4.69, 9.17) is 19.8 Å². The number of fused-ring (bicyclic) bond motifs is 1. The number of aliphatic hydroxyl groups is 2. The van der Waals surface area contributed by atoms with Crippen LogP contribution in [0, 0.1) is 0 Å². The number of hydrogen-bond donors (Lipinski definition) is 3. The summed E-state index contributed by atoms with van der Waals surface area (Å²) in [6.07, 6.45) is -1.56. The van der Waals surface area contributed by atoms with Crippen molar-refractivity contribution in [3.63, 3.8) is 0 Å². The van der Waals surface area contributed by atoms with E-state index < -0.39 is 23.7 Å². The summed E-state index contributed by atoms with van der Waals surface area (Å²) < 4.78 is 5.69. The van der Waals surface area contributed by atoms with Crippen LogP contribution in [0.25, 0.3) is 11.0 Å². The molecule has 9 heteroatoms. The largest absolute Gasteiger partial charge is 0.534 e. The maximum absolute atomic E-state index is 12.3. The smallest absolute Gasteiger partial charge is 0.427 e. The molecule has 2 rings (SSSR count). The Morgan fingerprint density at radius 1 is 1.39 bits per heavy atom. The summed E-state index contributed by atoms with van der Waals surface area (Å²) in [7, 11) is 0. The molecule has 0 saturated heterocycles. The number of carbonyl (C=O) groups is 1. The SMILES string of the molecule is CC(C)(C)OC(=O)On1c(=O)c(NC(O)O)cc2ncccc21. The molecule has 0 bridgehead atoms. The van der Waals surface area contributed by atoms with Crippen molar-refractivity contribution in [1.29, 1.82) is 0 Å². The number of carbonyl (C=O) groups excluding carboxylic acids is 1. The zero-order chi connectivity index (χ0) is 17.2. The number of pyridine rings is 2. The fraction of sp³-hybridized carbons (Fsp3) is 0.357. The highest BCUT2D eigenvalue weighted by molar-refractivity contribution is 5.78. The van der Waals surface area contributed by atoms with Gasteiger partial charge in [-0.15, -0.1) is 4.73 Å². The fourth-order valence-electron chi connectivity index (χ4n) is 1.79. The highest BCUT2D eigenvalue weighted by Gasteiger charge is 2.21. The lowest BCUT2D eigenvalue weighted by Crippen LogP contribution is -2.37. The summed E-state index contributed by atoms with van der Waals surface area (Å²) in [5.41, 5.74) is -1.27. The Morgan fingerprint density at radius 3 is 2.70 bits per heavy atom. The molecular weight excluding hydrogens is 306 g/mol. The Morgan fingerprint density at radius 2 is 2.09 bits per heavy atom. The van der Waals surface area contributed by atoms with Gasteiger partial charge in [0.05, 0.1) is 5.52 Å². The van der Waals surface area contributed by atoms with E-state index in [0.29, 0.717) is 10.2 Å². The van der Waals surface area contributed by atoms with Crippen LogP contribution in [0.5, 0.6) is 0 Å². The van der Waals surface area contributed by atoms with Gasteiger partial charge in [-0.3, -0.25) is 14.6 Å². The monoisotopic (exact) mass is 323 g/mol. The van der Waals surface area contributed by atoms with Gasteiger partial charge in [-0.05, 0) is 39.0 Å². The van der Waals surface area contributed by atoms with Gasteiger partial charge in [-0.1, -0.05) is 0 Å². The molecular formula is C14H17N3O6. The highest BCUT2D eigenvalue weighted by atomic mass is 16.8. The zero-order valence-electron chi connectivity index (χ0n) is 12.8. The Balaban J connectivity index is 2.50. The Bertz CT molecular complexity index is 778. The van der Waals surface area contributed by atoms with Crippen LogP contribution in [0.4, 0.5) is 10.5 Å². The van der Waals surface area contributed by atoms with E-state index in [2.05, 4.69) is 10.3 Å². The fourth-order valence-corrected chi connectivity index (χ4v) is 1.79. The number of ether oxygens (including phenoxy) is 1. The number of nitrogens with zero attached hydrogens (tertiary/aromatic N) is 2. The summed E-state index contributed by atoms with van der Waals surface area (Å²) in [5, 5.41) is 20.1. The molecule has 0 amide bonds. The van der Waals surface area contributed by atoms with Crippen LogP contribution in [0.3, 0.4) is 0 Å². The van der Waals surface area contributed by atoms with Crippen molar-refractivity contribution in [1.82, 2.24) is 9.71 Å². The molecule has 0 aliphatic carbocycles. The third-order valence-electron chi connectivity index (χ3n) is 2.57. The third kappa shape index (κ3) is 4.18. The van der Waals surface area contributed by atoms with Crippen molar-refractivity contribution in [3.8, 4) is 0 Å². The molecule has 0 aliphatic heterocycles. The Hall–Kier alpha value is -2.65. The van der Waals surface area contributed by atoms with Crippen molar-refractivity contribution >= 4 is 22.9 Å². The molecule has 0 spiro atoms. The van der Waals surface area contributed by atoms with Gasteiger partial charge in [0.25, 0.3) is 0 Å². The van der Waals surface area contributed by atoms with Crippen LogP contribution >= 0.6 is 0 Å². The lowest BCUT2D eigenvalue weighted by Gasteiger charge is -2.19. The minimum atomic E-state index is -1.96. The molecule has 0 radical (unpaired) electrons. The van der Waals surface area contributed by atoms with Crippen molar-refractivity contribution in [3.05, 3.63) is 34.7 Å². The summed E-state index contributed by atoms with van der Waals surface area (Å²) in [4.78, 5) is 33.1. The van der Waals surface area contributed by atoms with E-state index in [9.17, 15) is 9.59 Å². The van der Waals surface area contributed by atoms with Gasteiger partial charge in [0.15, 0.2) is 0 Å². The number of anilines is 1. The molecule has 0 saturated carbocycles. The molecule has 2 heterocycles. The first-order valence-corrected chi connectivity index (χ1v) is 6.72. The van der Waals surface area contributed by atoms with Gasteiger partial charge in [-0.25, -0.2) is 4.79 Å². The second-order valence-corrected chi connectivity index (χ2v) is 5.64. The molecule has 0 aromatic carbocycles. The molecule has 0 fully saturated rings. The molecule has 9 nitrogen and oxygen atoms in total. The normalized spacial score (nSPS) is 11.6. The summed E-state index contributed by atoms with van der Waals surface area (Å²) in [6, 6.07) is 4.39. The quantitative estimate of drug-likeness (QED) is 0.549. The predicted molar refractivity (Wildman–Crippen MR) is 80.7 cm³/mol. The van der Waals surface area contributed by atoms with E-state index in [1.807, 2.05) is 0 Å². The van der Waals surface area contributed by atoms with Crippen LogP contribution in [-0.4, -0.2) is 38.1 Å². The van der Waals surface area contributed by atoms with Crippen LogP contribution in [0.2, 0.25) is 0 Å². The number of nitrogens with one attached hydrogen (secondary N) is 1. The first-order chi connectivity index (χ1) is 10.7. The highest BCUT2D eigenvalue weighted by Crippen LogP contribution is 2.14. The van der Waals surface area contributed by atoms with Gasteiger partial charge in [0.1, 0.15) is 16.8 Å². The molecule has 2 aromatic rings. The van der Waals surface area contributed by atoms with Crippen LogP contribution in [-0.2, 0) is 4.74 Å². The van der Waals surface area contributed by atoms with Crippen molar-refractivity contribution < 1.29 is 24.6 Å². The average molecular weight is 323 g/mol. The first kappa shape index (κ1) is 16.7.